The van der Waals surface area contributed by atoms with Crippen molar-refractivity contribution in [3.63, 3.8) is 0 Å². The van der Waals surface area contributed by atoms with E-state index in [1.54, 1.807) is 17.0 Å². The minimum Gasteiger partial charge on any atom is -0.440 e. The predicted molar refractivity (Wildman–Crippen MR) is 72.6 cm³/mol. The SMILES string of the molecule is O=C(Nc1cccc(C(=O)N2CCCC2)c1)OCC(F)(F)F. The summed E-state index contributed by atoms with van der Waals surface area (Å²) in [4.78, 5) is 25.1. The third-order valence-corrected chi connectivity index (χ3v) is 3.12. The molecule has 0 unspecified atom stereocenters. The van der Waals surface area contributed by atoms with Gasteiger partial charge >= 0.3 is 12.3 Å². The number of hydrogen-bond acceptors (Lipinski definition) is 3. The summed E-state index contributed by atoms with van der Waals surface area (Å²) in [6.07, 6.45) is -3.89. The van der Waals surface area contributed by atoms with Crippen LogP contribution in [0.2, 0.25) is 0 Å². The molecule has 1 aromatic carbocycles. The number of hydrogen-bond donors (Lipinski definition) is 1. The van der Waals surface area contributed by atoms with Gasteiger partial charge in [0.2, 0.25) is 0 Å². The normalized spacial score (nSPS) is 14.8. The van der Waals surface area contributed by atoms with Crippen LogP contribution in [-0.2, 0) is 4.74 Å². The molecule has 1 aliphatic heterocycles. The number of carbonyl (C=O) groups is 2. The quantitative estimate of drug-likeness (QED) is 0.932. The average Bonchev–Trinajstić information content (AvgIpc) is 2.98. The van der Waals surface area contributed by atoms with Gasteiger partial charge in [-0.25, -0.2) is 4.79 Å². The van der Waals surface area contributed by atoms with Gasteiger partial charge < -0.3 is 9.64 Å². The number of carbonyl (C=O) groups excluding carboxylic acids is 2. The zero-order chi connectivity index (χ0) is 16.2. The highest BCUT2D eigenvalue weighted by Crippen LogP contribution is 2.18. The van der Waals surface area contributed by atoms with Gasteiger partial charge in [0.25, 0.3) is 5.91 Å². The fourth-order valence-electron chi connectivity index (χ4n) is 2.13. The van der Waals surface area contributed by atoms with Gasteiger partial charge in [-0.15, -0.1) is 0 Å². The van der Waals surface area contributed by atoms with Crippen molar-refractivity contribution in [3.8, 4) is 0 Å². The summed E-state index contributed by atoms with van der Waals surface area (Å²) in [6, 6.07) is 6.01. The number of ether oxygens (including phenoxy) is 1. The number of nitrogens with one attached hydrogen (secondary N) is 1. The summed E-state index contributed by atoms with van der Waals surface area (Å²) in [5.74, 6) is -0.162. The molecule has 1 N–H and O–H groups in total. The Kier molecular flexibility index (Phi) is 4.89. The fourth-order valence-corrected chi connectivity index (χ4v) is 2.13. The zero-order valence-corrected chi connectivity index (χ0v) is 11.7. The molecule has 0 aliphatic carbocycles. The Hall–Kier alpha value is -2.25. The van der Waals surface area contributed by atoms with Crippen LogP contribution >= 0.6 is 0 Å². The molecular weight excluding hydrogens is 301 g/mol. The number of rotatable bonds is 3. The maximum Gasteiger partial charge on any atom is 0.422 e. The number of benzene rings is 1. The lowest BCUT2D eigenvalue weighted by atomic mass is 10.2. The standard InChI is InChI=1S/C14H15F3N2O3/c15-14(16,17)9-22-13(21)18-11-5-3-4-10(8-11)12(20)19-6-1-2-7-19/h3-5,8H,1-2,6-7,9H2,(H,18,21). The van der Waals surface area contributed by atoms with Crippen molar-refractivity contribution in [3.05, 3.63) is 29.8 Å². The lowest BCUT2D eigenvalue weighted by Gasteiger charge is -2.16. The fraction of sp³-hybridized carbons (Fsp3) is 0.429. The summed E-state index contributed by atoms with van der Waals surface area (Å²) in [7, 11) is 0. The van der Waals surface area contributed by atoms with Crippen LogP contribution in [0.1, 0.15) is 23.2 Å². The largest absolute Gasteiger partial charge is 0.440 e. The van der Waals surface area contributed by atoms with Gasteiger partial charge in [0.15, 0.2) is 6.61 Å². The second-order valence-corrected chi connectivity index (χ2v) is 4.90. The maximum absolute atomic E-state index is 12.2. The molecule has 1 aromatic rings. The van der Waals surface area contributed by atoms with Gasteiger partial charge in [-0.2, -0.15) is 13.2 Å². The van der Waals surface area contributed by atoms with Crippen molar-refractivity contribution in [2.75, 3.05) is 25.0 Å². The van der Waals surface area contributed by atoms with Crippen LogP contribution in [0.3, 0.4) is 0 Å². The van der Waals surface area contributed by atoms with Gasteiger partial charge in [0, 0.05) is 24.3 Å². The van der Waals surface area contributed by atoms with Gasteiger partial charge in [-0.1, -0.05) is 6.07 Å². The van der Waals surface area contributed by atoms with Gasteiger partial charge in [0.1, 0.15) is 0 Å². The monoisotopic (exact) mass is 316 g/mol. The van der Waals surface area contributed by atoms with E-state index in [2.05, 4.69) is 10.1 Å². The van der Waals surface area contributed by atoms with Crippen LogP contribution in [0.4, 0.5) is 23.7 Å². The minimum absolute atomic E-state index is 0.162. The van der Waals surface area contributed by atoms with Crippen molar-refractivity contribution in [1.82, 2.24) is 4.90 Å². The maximum atomic E-state index is 12.2. The van der Waals surface area contributed by atoms with Crippen LogP contribution < -0.4 is 5.32 Å². The van der Waals surface area contributed by atoms with E-state index in [0.29, 0.717) is 18.7 Å². The number of nitrogens with zero attached hydrogens (tertiary/aromatic N) is 1. The zero-order valence-electron chi connectivity index (χ0n) is 11.7. The Morgan fingerprint density at radius 2 is 1.91 bits per heavy atom. The van der Waals surface area contributed by atoms with E-state index in [9.17, 15) is 22.8 Å². The van der Waals surface area contributed by atoms with Crippen LogP contribution in [0.5, 0.6) is 0 Å². The van der Waals surface area contributed by atoms with Crippen LogP contribution in [0, 0.1) is 0 Å². The Bertz CT molecular complexity index is 555. The summed E-state index contributed by atoms with van der Waals surface area (Å²) in [5.41, 5.74) is 0.577. The topological polar surface area (TPSA) is 58.6 Å². The van der Waals surface area contributed by atoms with Crippen molar-refractivity contribution in [2.45, 2.75) is 19.0 Å². The second kappa shape index (κ2) is 6.67. The Balaban J connectivity index is 1.96. The first-order valence-electron chi connectivity index (χ1n) is 6.75. The first-order chi connectivity index (χ1) is 10.3. The number of anilines is 1. The van der Waals surface area contributed by atoms with Gasteiger partial charge in [-0.3, -0.25) is 10.1 Å². The van der Waals surface area contributed by atoms with E-state index < -0.39 is 18.9 Å². The summed E-state index contributed by atoms with van der Waals surface area (Å²) in [5, 5.41) is 2.17. The second-order valence-electron chi connectivity index (χ2n) is 4.90. The summed E-state index contributed by atoms with van der Waals surface area (Å²) >= 11 is 0. The molecule has 2 amide bonds. The van der Waals surface area contributed by atoms with Crippen LogP contribution in [-0.4, -0.2) is 42.8 Å². The molecule has 1 aliphatic rings. The van der Waals surface area contributed by atoms with E-state index in [1.165, 1.54) is 12.1 Å². The predicted octanol–water partition coefficient (Wildman–Crippen LogP) is 3.03. The van der Waals surface area contributed by atoms with E-state index in [1.807, 2.05) is 0 Å². The molecule has 0 aromatic heterocycles. The lowest BCUT2D eigenvalue weighted by Crippen LogP contribution is -2.27. The van der Waals surface area contributed by atoms with E-state index in [-0.39, 0.29) is 11.6 Å². The van der Waals surface area contributed by atoms with Crippen LogP contribution in [0.25, 0.3) is 0 Å². The molecule has 120 valence electrons. The van der Waals surface area contributed by atoms with Crippen molar-refractivity contribution >= 4 is 17.7 Å². The summed E-state index contributed by atoms with van der Waals surface area (Å²) in [6.45, 7) is -0.292. The molecule has 2 rings (SSSR count). The molecule has 5 nitrogen and oxygen atoms in total. The molecule has 0 spiro atoms. The highest BCUT2D eigenvalue weighted by molar-refractivity contribution is 5.96. The molecule has 8 heteroatoms. The highest BCUT2D eigenvalue weighted by atomic mass is 19.4. The highest BCUT2D eigenvalue weighted by Gasteiger charge is 2.29. The molecule has 0 atom stereocenters. The molecule has 0 radical (unpaired) electrons. The third-order valence-electron chi connectivity index (χ3n) is 3.12. The smallest absolute Gasteiger partial charge is 0.422 e. The number of amides is 2. The molecule has 1 fully saturated rings. The molecule has 1 heterocycles. The molecule has 22 heavy (non-hydrogen) atoms. The molecule has 1 saturated heterocycles. The van der Waals surface area contributed by atoms with Gasteiger partial charge in [0.05, 0.1) is 0 Å². The van der Waals surface area contributed by atoms with Crippen molar-refractivity contribution in [1.29, 1.82) is 0 Å². The first-order valence-corrected chi connectivity index (χ1v) is 6.75. The minimum atomic E-state index is -4.58. The van der Waals surface area contributed by atoms with E-state index in [0.717, 1.165) is 12.8 Å². The first kappa shape index (κ1) is 16.1. The summed E-state index contributed by atoms with van der Waals surface area (Å²) < 4.78 is 39.9. The van der Waals surface area contributed by atoms with Gasteiger partial charge in [-0.05, 0) is 31.0 Å². The van der Waals surface area contributed by atoms with Crippen molar-refractivity contribution in [2.24, 2.45) is 0 Å². The Labute approximate surface area is 125 Å². The van der Waals surface area contributed by atoms with E-state index >= 15 is 0 Å². The lowest BCUT2D eigenvalue weighted by molar-refractivity contribution is -0.159. The number of halogens is 3. The van der Waals surface area contributed by atoms with Crippen molar-refractivity contribution < 1.29 is 27.5 Å². The van der Waals surface area contributed by atoms with Crippen LogP contribution in [0.15, 0.2) is 24.3 Å². The Morgan fingerprint density at radius 1 is 1.23 bits per heavy atom. The average molecular weight is 316 g/mol. The number of alkyl halides is 3. The van der Waals surface area contributed by atoms with E-state index in [4.69, 9.17) is 0 Å². The third kappa shape index (κ3) is 4.64. The molecular formula is C14H15F3N2O3. The number of likely N-dealkylation sites (tertiary alicyclic amines) is 1. The Morgan fingerprint density at radius 3 is 2.55 bits per heavy atom. The molecule has 0 bridgehead atoms. The molecule has 0 saturated carbocycles.